The van der Waals surface area contributed by atoms with Gasteiger partial charge in [-0.2, -0.15) is 10.5 Å². The van der Waals surface area contributed by atoms with Gasteiger partial charge in [-0.25, -0.2) is 0 Å². The second-order valence-corrected chi connectivity index (χ2v) is 3.40. The van der Waals surface area contributed by atoms with Gasteiger partial charge in [-0.1, -0.05) is 13.8 Å². The minimum atomic E-state index is 0.102. The van der Waals surface area contributed by atoms with Crippen LogP contribution in [-0.2, 0) is 0 Å². The molecule has 0 aromatic carbocycles. The van der Waals surface area contributed by atoms with Gasteiger partial charge in [-0.15, -0.1) is 0 Å². The standard InChI is InChI=1S/C8H10N2/c1-8(2)6(3-4-9)7(8)5-10/h6-7H,3H2,1-2H3. The Balaban J connectivity index is 2.57. The number of nitriles is 2. The molecule has 0 aliphatic heterocycles. The summed E-state index contributed by atoms with van der Waals surface area (Å²) in [6.07, 6.45) is 0.533. The van der Waals surface area contributed by atoms with Crippen LogP contribution in [0.25, 0.3) is 0 Å². The summed E-state index contributed by atoms with van der Waals surface area (Å²) in [5, 5.41) is 16.9. The average molecular weight is 134 g/mol. The fourth-order valence-electron chi connectivity index (χ4n) is 1.48. The van der Waals surface area contributed by atoms with Gasteiger partial charge in [0.2, 0.25) is 0 Å². The molecular weight excluding hydrogens is 124 g/mol. The van der Waals surface area contributed by atoms with Crippen molar-refractivity contribution in [1.29, 1.82) is 10.5 Å². The molecule has 1 saturated carbocycles. The predicted octanol–water partition coefficient (Wildman–Crippen LogP) is 1.70. The summed E-state index contributed by atoms with van der Waals surface area (Å²) in [5.41, 5.74) is 0.102. The zero-order valence-electron chi connectivity index (χ0n) is 6.26. The van der Waals surface area contributed by atoms with Crippen LogP contribution in [0.1, 0.15) is 20.3 Å². The molecule has 0 saturated heterocycles. The minimum absolute atomic E-state index is 0.102. The van der Waals surface area contributed by atoms with E-state index in [-0.39, 0.29) is 11.3 Å². The highest BCUT2D eigenvalue weighted by Gasteiger charge is 2.57. The van der Waals surface area contributed by atoms with Crippen LogP contribution in [0.2, 0.25) is 0 Å². The van der Waals surface area contributed by atoms with E-state index in [2.05, 4.69) is 12.1 Å². The van der Waals surface area contributed by atoms with Crippen molar-refractivity contribution in [3.8, 4) is 12.1 Å². The lowest BCUT2D eigenvalue weighted by Gasteiger charge is -1.94. The molecule has 0 N–H and O–H groups in total. The lowest BCUT2D eigenvalue weighted by molar-refractivity contribution is 0.557. The molecule has 1 aliphatic carbocycles. The van der Waals surface area contributed by atoms with Crippen molar-refractivity contribution in [1.82, 2.24) is 0 Å². The molecule has 1 fully saturated rings. The zero-order chi connectivity index (χ0) is 7.78. The van der Waals surface area contributed by atoms with Crippen molar-refractivity contribution in [3.63, 3.8) is 0 Å². The van der Waals surface area contributed by atoms with Crippen LogP contribution in [0.3, 0.4) is 0 Å². The second-order valence-electron chi connectivity index (χ2n) is 3.40. The van der Waals surface area contributed by atoms with E-state index < -0.39 is 0 Å². The summed E-state index contributed by atoms with van der Waals surface area (Å²) in [6, 6.07) is 4.31. The Morgan fingerprint density at radius 1 is 1.40 bits per heavy atom. The molecule has 2 heteroatoms. The van der Waals surface area contributed by atoms with E-state index in [0.717, 1.165) is 0 Å². The zero-order valence-corrected chi connectivity index (χ0v) is 6.26. The smallest absolute Gasteiger partial charge is 0.0665 e. The normalized spacial score (nSPS) is 34.0. The summed E-state index contributed by atoms with van der Waals surface area (Å²) >= 11 is 0. The number of rotatable bonds is 1. The monoisotopic (exact) mass is 134 g/mol. The Hall–Kier alpha value is -1.02. The largest absolute Gasteiger partial charge is 0.198 e. The molecule has 1 aliphatic rings. The maximum absolute atomic E-state index is 8.58. The molecule has 0 bridgehead atoms. The molecule has 2 unspecified atom stereocenters. The molecule has 1 rings (SSSR count). The molecule has 52 valence electrons. The third kappa shape index (κ3) is 0.772. The molecule has 0 spiro atoms. The van der Waals surface area contributed by atoms with E-state index >= 15 is 0 Å². The van der Waals surface area contributed by atoms with Crippen LogP contribution in [0.15, 0.2) is 0 Å². The Labute approximate surface area is 61.1 Å². The fourth-order valence-corrected chi connectivity index (χ4v) is 1.48. The van der Waals surface area contributed by atoms with Crippen LogP contribution in [-0.4, -0.2) is 0 Å². The number of hydrogen-bond acceptors (Lipinski definition) is 2. The molecule has 0 radical (unpaired) electrons. The second kappa shape index (κ2) is 1.99. The van der Waals surface area contributed by atoms with E-state index in [1.165, 1.54) is 0 Å². The maximum atomic E-state index is 8.58. The van der Waals surface area contributed by atoms with Gasteiger partial charge in [0.15, 0.2) is 0 Å². The highest BCUT2D eigenvalue weighted by Crippen LogP contribution is 2.59. The molecular formula is C8H10N2. The summed E-state index contributed by atoms with van der Waals surface area (Å²) in [5.74, 6) is 0.439. The first-order valence-electron chi connectivity index (χ1n) is 3.41. The van der Waals surface area contributed by atoms with Crippen LogP contribution in [0.4, 0.5) is 0 Å². The maximum Gasteiger partial charge on any atom is 0.0665 e. The molecule has 2 atom stereocenters. The van der Waals surface area contributed by atoms with Gasteiger partial charge in [-0.3, -0.25) is 0 Å². The van der Waals surface area contributed by atoms with Gasteiger partial charge in [-0.05, 0) is 11.3 Å². The highest BCUT2D eigenvalue weighted by molar-refractivity contribution is 5.16. The molecule has 2 nitrogen and oxygen atoms in total. The van der Waals surface area contributed by atoms with Crippen LogP contribution < -0.4 is 0 Å². The number of hydrogen-bond donors (Lipinski definition) is 0. The van der Waals surface area contributed by atoms with Gasteiger partial charge >= 0.3 is 0 Å². The summed E-state index contributed by atoms with van der Waals surface area (Å²) < 4.78 is 0. The Morgan fingerprint density at radius 3 is 2.30 bits per heavy atom. The van der Waals surface area contributed by atoms with Crippen LogP contribution >= 0.6 is 0 Å². The van der Waals surface area contributed by atoms with Crippen LogP contribution in [0, 0.1) is 39.9 Å². The van der Waals surface area contributed by atoms with Gasteiger partial charge in [0.05, 0.1) is 18.1 Å². The summed E-state index contributed by atoms with van der Waals surface area (Å²) in [7, 11) is 0. The SMILES string of the molecule is CC1(C)C(C#N)C1CC#N. The Kier molecular flexibility index (Phi) is 1.41. The van der Waals surface area contributed by atoms with E-state index in [0.29, 0.717) is 12.3 Å². The fraction of sp³-hybridized carbons (Fsp3) is 0.750. The average Bonchev–Trinajstić information content (AvgIpc) is 2.36. The van der Waals surface area contributed by atoms with Crippen LogP contribution in [0.5, 0.6) is 0 Å². The predicted molar refractivity (Wildman–Crippen MR) is 36.6 cm³/mol. The van der Waals surface area contributed by atoms with Crippen molar-refractivity contribution in [2.45, 2.75) is 20.3 Å². The number of nitrogens with zero attached hydrogens (tertiary/aromatic N) is 2. The molecule has 10 heavy (non-hydrogen) atoms. The minimum Gasteiger partial charge on any atom is -0.198 e. The summed E-state index contributed by atoms with van der Waals surface area (Å²) in [4.78, 5) is 0. The first-order chi connectivity index (χ1) is 4.64. The third-order valence-electron chi connectivity index (χ3n) is 2.50. The van der Waals surface area contributed by atoms with E-state index in [9.17, 15) is 0 Å². The first kappa shape index (κ1) is 7.09. The van der Waals surface area contributed by atoms with E-state index in [1.54, 1.807) is 0 Å². The topological polar surface area (TPSA) is 47.6 Å². The van der Waals surface area contributed by atoms with E-state index in [4.69, 9.17) is 10.5 Å². The lowest BCUT2D eigenvalue weighted by Crippen LogP contribution is -1.88. The van der Waals surface area contributed by atoms with Gasteiger partial charge in [0.25, 0.3) is 0 Å². The van der Waals surface area contributed by atoms with Crippen molar-refractivity contribution in [2.75, 3.05) is 0 Å². The van der Waals surface area contributed by atoms with Crippen molar-refractivity contribution >= 4 is 0 Å². The van der Waals surface area contributed by atoms with Gasteiger partial charge in [0, 0.05) is 6.42 Å². The van der Waals surface area contributed by atoms with Gasteiger partial charge in [0.1, 0.15) is 0 Å². The summed E-state index contributed by atoms with van der Waals surface area (Å²) in [6.45, 7) is 4.09. The van der Waals surface area contributed by atoms with Gasteiger partial charge < -0.3 is 0 Å². The highest BCUT2D eigenvalue weighted by atomic mass is 14.6. The molecule has 0 aromatic rings. The molecule has 0 amide bonds. The van der Waals surface area contributed by atoms with E-state index in [1.807, 2.05) is 13.8 Å². The third-order valence-corrected chi connectivity index (χ3v) is 2.50. The van der Waals surface area contributed by atoms with Crippen molar-refractivity contribution in [2.24, 2.45) is 17.3 Å². The first-order valence-corrected chi connectivity index (χ1v) is 3.41. The van der Waals surface area contributed by atoms with Crippen molar-refractivity contribution < 1.29 is 0 Å². The molecule has 0 heterocycles. The Bertz CT molecular complexity index is 216. The lowest BCUT2D eigenvalue weighted by atomic mass is 10.1. The molecule has 0 aromatic heterocycles. The quantitative estimate of drug-likeness (QED) is 0.548. The van der Waals surface area contributed by atoms with Crippen molar-refractivity contribution in [3.05, 3.63) is 0 Å². The Morgan fingerprint density at radius 2 is 2.00 bits per heavy atom.